The Morgan fingerprint density at radius 1 is 1.26 bits per heavy atom. The van der Waals surface area contributed by atoms with Gasteiger partial charge in [-0.15, -0.1) is 0 Å². The zero-order valence-corrected chi connectivity index (χ0v) is 18.3. The van der Waals surface area contributed by atoms with Crippen molar-refractivity contribution in [1.29, 1.82) is 0 Å². The van der Waals surface area contributed by atoms with Crippen molar-refractivity contribution in [2.24, 2.45) is 0 Å². The Labute approximate surface area is 183 Å². The predicted octanol–water partition coefficient (Wildman–Crippen LogP) is 1.56. The van der Waals surface area contributed by atoms with Crippen LogP contribution in [0.1, 0.15) is 18.9 Å². The second kappa shape index (κ2) is 10.0. The maximum Gasteiger partial charge on any atom is 0.302 e. The van der Waals surface area contributed by atoms with E-state index < -0.39 is 40.6 Å². The van der Waals surface area contributed by atoms with Crippen LogP contribution in [0.5, 0.6) is 0 Å². The summed E-state index contributed by atoms with van der Waals surface area (Å²) in [6.07, 6.45) is -0.303. The highest BCUT2D eigenvalue weighted by molar-refractivity contribution is 7.98. The number of aliphatic hydroxyl groups is 2. The molecular weight excluding hydrogens is 452 g/mol. The Morgan fingerprint density at radius 2 is 1.97 bits per heavy atom. The van der Waals surface area contributed by atoms with Gasteiger partial charge < -0.3 is 15.5 Å². The standard InChI is InChI=1S/C18H23F2N5O4S2/c1-11(14(27)9-26)21-15-8-16(24-31(28,29)25-6-3-7-25)23-18(22-15)30-10-12-4-2-5-13(19)17(12)20/h2,4-5,8,11,14,26-27H,3,6-7,9-10H2,1H3,(H2,21,22,23,24)/t11-,14+/m0/s1. The summed E-state index contributed by atoms with van der Waals surface area (Å²) in [5.41, 5.74) is 0.110. The van der Waals surface area contributed by atoms with Crippen LogP contribution in [0.2, 0.25) is 0 Å². The lowest BCUT2D eigenvalue weighted by atomic mass is 10.2. The molecule has 1 fully saturated rings. The third-order valence-corrected chi connectivity index (χ3v) is 7.03. The summed E-state index contributed by atoms with van der Waals surface area (Å²) >= 11 is 0.991. The van der Waals surface area contributed by atoms with Crippen LogP contribution in [0, 0.1) is 11.6 Å². The molecule has 3 rings (SSSR count). The fourth-order valence-corrected chi connectivity index (χ4v) is 4.70. The van der Waals surface area contributed by atoms with Crippen LogP contribution in [-0.4, -0.2) is 64.7 Å². The Bertz CT molecular complexity index is 1020. The average Bonchev–Trinajstić information content (AvgIpc) is 2.66. The van der Waals surface area contributed by atoms with Gasteiger partial charge in [0.2, 0.25) is 0 Å². The van der Waals surface area contributed by atoms with Crippen molar-refractivity contribution >= 4 is 33.6 Å². The van der Waals surface area contributed by atoms with Crippen LogP contribution in [0.4, 0.5) is 20.4 Å². The average molecular weight is 476 g/mol. The van der Waals surface area contributed by atoms with E-state index >= 15 is 0 Å². The molecule has 9 nitrogen and oxygen atoms in total. The first-order valence-corrected chi connectivity index (χ1v) is 11.9. The molecule has 4 N–H and O–H groups in total. The van der Waals surface area contributed by atoms with Crippen LogP contribution in [0.25, 0.3) is 0 Å². The minimum atomic E-state index is -3.78. The Balaban J connectivity index is 1.83. The van der Waals surface area contributed by atoms with Gasteiger partial charge in [-0.25, -0.2) is 18.7 Å². The van der Waals surface area contributed by atoms with Gasteiger partial charge in [0.15, 0.2) is 16.8 Å². The van der Waals surface area contributed by atoms with E-state index in [2.05, 4.69) is 20.0 Å². The number of nitrogens with one attached hydrogen (secondary N) is 2. The number of aliphatic hydroxyl groups excluding tert-OH is 2. The second-order valence-corrected chi connectivity index (χ2v) is 9.58. The molecule has 0 unspecified atom stereocenters. The molecule has 31 heavy (non-hydrogen) atoms. The zero-order chi connectivity index (χ0) is 22.6. The smallest absolute Gasteiger partial charge is 0.302 e. The van der Waals surface area contributed by atoms with Crippen molar-refractivity contribution in [2.45, 2.75) is 36.4 Å². The van der Waals surface area contributed by atoms with Crippen LogP contribution in [0.3, 0.4) is 0 Å². The van der Waals surface area contributed by atoms with Crippen molar-refractivity contribution in [3.05, 3.63) is 41.5 Å². The van der Waals surface area contributed by atoms with Crippen LogP contribution in [-0.2, 0) is 16.0 Å². The van der Waals surface area contributed by atoms with Gasteiger partial charge in [-0.2, -0.15) is 12.7 Å². The van der Waals surface area contributed by atoms with Crippen molar-refractivity contribution < 1.29 is 27.4 Å². The highest BCUT2D eigenvalue weighted by Gasteiger charge is 2.28. The first-order chi connectivity index (χ1) is 14.7. The monoisotopic (exact) mass is 475 g/mol. The second-order valence-electron chi connectivity index (χ2n) is 6.97. The molecule has 2 aromatic rings. The van der Waals surface area contributed by atoms with E-state index in [-0.39, 0.29) is 28.1 Å². The minimum absolute atomic E-state index is 0.0141. The number of halogens is 2. The molecule has 1 aliphatic heterocycles. The molecule has 1 aliphatic rings. The molecule has 0 spiro atoms. The minimum Gasteiger partial charge on any atom is -0.394 e. The molecule has 0 saturated carbocycles. The molecule has 170 valence electrons. The summed E-state index contributed by atoms with van der Waals surface area (Å²) in [6.45, 7) is 1.95. The first-order valence-electron chi connectivity index (χ1n) is 9.47. The number of nitrogens with zero attached hydrogens (tertiary/aromatic N) is 3. The number of aromatic nitrogens is 2. The number of thioether (sulfide) groups is 1. The maximum absolute atomic E-state index is 13.9. The van der Waals surface area contributed by atoms with E-state index in [4.69, 9.17) is 5.11 Å². The third kappa shape index (κ3) is 6.01. The van der Waals surface area contributed by atoms with Gasteiger partial charge in [0.1, 0.15) is 11.6 Å². The van der Waals surface area contributed by atoms with Crippen molar-refractivity contribution in [3.8, 4) is 0 Å². The first kappa shape index (κ1) is 23.6. The van der Waals surface area contributed by atoms with Crippen LogP contribution in [0.15, 0.2) is 29.4 Å². The fraction of sp³-hybridized carbons (Fsp3) is 0.444. The zero-order valence-electron chi connectivity index (χ0n) is 16.6. The Kier molecular flexibility index (Phi) is 7.64. The Morgan fingerprint density at radius 3 is 2.61 bits per heavy atom. The molecule has 0 bridgehead atoms. The highest BCUT2D eigenvalue weighted by Crippen LogP contribution is 2.26. The van der Waals surface area contributed by atoms with Crippen molar-refractivity contribution in [2.75, 3.05) is 29.7 Å². The third-order valence-electron chi connectivity index (χ3n) is 4.62. The summed E-state index contributed by atoms with van der Waals surface area (Å²) in [5, 5.41) is 21.9. The van der Waals surface area contributed by atoms with Crippen molar-refractivity contribution in [1.82, 2.24) is 14.3 Å². The maximum atomic E-state index is 13.9. The summed E-state index contributed by atoms with van der Waals surface area (Å²) in [4.78, 5) is 8.42. The molecule has 0 amide bonds. The molecule has 2 atom stereocenters. The van der Waals surface area contributed by atoms with E-state index in [1.807, 2.05) is 0 Å². The molecular formula is C18H23F2N5O4S2. The molecule has 0 radical (unpaired) electrons. The number of anilines is 2. The van der Waals surface area contributed by atoms with Gasteiger partial charge in [0, 0.05) is 30.5 Å². The largest absolute Gasteiger partial charge is 0.394 e. The summed E-state index contributed by atoms with van der Waals surface area (Å²) in [7, 11) is -3.78. The highest BCUT2D eigenvalue weighted by atomic mass is 32.2. The summed E-state index contributed by atoms with van der Waals surface area (Å²) in [6, 6.07) is 4.59. The van der Waals surface area contributed by atoms with Gasteiger partial charge in [0.25, 0.3) is 0 Å². The SMILES string of the molecule is C[C@H](Nc1cc(NS(=O)(=O)N2CCC2)nc(SCc2cccc(F)c2F)n1)[C@H](O)CO. The lowest BCUT2D eigenvalue weighted by Gasteiger charge is -2.29. The molecule has 2 heterocycles. The quantitative estimate of drug-likeness (QED) is 0.301. The summed E-state index contributed by atoms with van der Waals surface area (Å²) < 4.78 is 55.8. The number of hydrogen-bond donors (Lipinski definition) is 4. The molecule has 13 heteroatoms. The van der Waals surface area contributed by atoms with Gasteiger partial charge in [-0.05, 0) is 19.4 Å². The Hall–Kier alpha value is -2.06. The molecule has 0 aliphatic carbocycles. The molecule has 1 aromatic heterocycles. The predicted molar refractivity (Wildman–Crippen MR) is 113 cm³/mol. The van der Waals surface area contributed by atoms with Crippen LogP contribution < -0.4 is 10.0 Å². The number of benzene rings is 1. The molecule has 1 saturated heterocycles. The van der Waals surface area contributed by atoms with E-state index in [9.17, 15) is 22.3 Å². The van der Waals surface area contributed by atoms with Crippen LogP contribution >= 0.6 is 11.8 Å². The number of rotatable bonds is 10. The molecule has 1 aromatic carbocycles. The topological polar surface area (TPSA) is 128 Å². The van der Waals surface area contributed by atoms with Crippen molar-refractivity contribution in [3.63, 3.8) is 0 Å². The van der Waals surface area contributed by atoms with Gasteiger partial charge in [-0.1, -0.05) is 23.9 Å². The van der Waals surface area contributed by atoms with Gasteiger partial charge in [0.05, 0.1) is 18.8 Å². The van der Waals surface area contributed by atoms with Gasteiger partial charge >= 0.3 is 10.2 Å². The normalized spacial score (nSPS) is 16.4. The fourth-order valence-electron chi connectivity index (χ4n) is 2.63. The van der Waals surface area contributed by atoms with E-state index in [0.717, 1.165) is 24.2 Å². The van der Waals surface area contributed by atoms with E-state index in [1.54, 1.807) is 6.92 Å². The lowest BCUT2D eigenvalue weighted by Crippen LogP contribution is -2.45. The summed E-state index contributed by atoms with van der Waals surface area (Å²) in [5.74, 6) is -1.75. The van der Waals surface area contributed by atoms with E-state index in [1.165, 1.54) is 22.5 Å². The van der Waals surface area contributed by atoms with Gasteiger partial charge in [-0.3, -0.25) is 4.72 Å². The number of hydrogen-bond acceptors (Lipinski definition) is 8. The van der Waals surface area contributed by atoms with E-state index in [0.29, 0.717) is 13.1 Å². The lowest BCUT2D eigenvalue weighted by molar-refractivity contribution is 0.0837.